The Kier molecular flexibility index (Phi) is 9.42. The summed E-state index contributed by atoms with van der Waals surface area (Å²) >= 11 is 11.6. The minimum Gasteiger partial charge on any atom is -0.479 e. The molecule has 7 heteroatoms. The van der Waals surface area contributed by atoms with Crippen molar-refractivity contribution in [2.75, 3.05) is 12.5 Å². The quantitative estimate of drug-likeness (QED) is 0.306. The van der Waals surface area contributed by atoms with Crippen LogP contribution >= 0.6 is 35.6 Å². The van der Waals surface area contributed by atoms with Gasteiger partial charge in [0.05, 0.1) is 17.9 Å². The van der Waals surface area contributed by atoms with Gasteiger partial charge >= 0.3 is 5.97 Å². The molecule has 0 saturated carbocycles. The number of thiocarbonyl (C=S) groups is 1. The van der Waals surface area contributed by atoms with E-state index in [-0.39, 0.29) is 24.1 Å². The molecule has 0 spiro atoms. The lowest BCUT2D eigenvalue weighted by atomic mass is 9.97. The molecule has 0 aromatic carbocycles. The fraction of sp³-hybridized carbons (Fsp3) is 0.769. The van der Waals surface area contributed by atoms with E-state index in [0.29, 0.717) is 17.4 Å². The molecule has 0 bridgehead atoms. The number of hydrogen-bond donors (Lipinski definition) is 0. The SMILES string of the molecule is CCOC(=S)SC(CCC(=O)CCl)OC(=O)C(C)(C)C. The third kappa shape index (κ3) is 8.76. The van der Waals surface area contributed by atoms with E-state index in [1.165, 1.54) is 0 Å². The number of rotatable bonds is 7. The van der Waals surface area contributed by atoms with Gasteiger partial charge in [-0.25, -0.2) is 0 Å². The standard InChI is InChI=1S/C13H21ClO4S2/c1-5-17-12(19)20-10(7-6-9(15)8-14)18-11(16)13(2,3)4/h10H,5-8H2,1-4H3. The molecule has 0 radical (unpaired) electrons. The molecule has 0 fully saturated rings. The minimum absolute atomic E-state index is 0.0412. The van der Waals surface area contributed by atoms with Crippen LogP contribution in [0.1, 0.15) is 40.5 Å². The van der Waals surface area contributed by atoms with Crippen molar-refractivity contribution in [1.29, 1.82) is 0 Å². The van der Waals surface area contributed by atoms with Gasteiger partial charge in [-0.2, -0.15) is 0 Å². The average molecular weight is 341 g/mol. The Hall–Kier alpha value is -0.330. The monoisotopic (exact) mass is 340 g/mol. The first kappa shape index (κ1) is 19.7. The van der Waals surface area contributed by atoms with E-state index >= 15 is 0 Å². The van der Waals surface area contributed by atoms with Gasteiger partial charge in [0.1, 0.15) is 5.78 Å². The van der Waals surface area contributed by atoms with Gasteiger partial charge in [0.15, 0.2) is 5.44 Å². The summed E-state index contributed by atoms with van der Waals surface area (Å²) in [5, 5.41) is 0. The van der Waals surface area contributed by atoms with E-state index in [1.807, 2.05) is 6.92 Å². The van der Waals surface area contributed by atoms with Crippen molar-refractivity contribution in [2.24, 2.45) is 5.41 Å². The lowest BCUT2D eigenvalue weighted by molar-refractivity contribution is -0.154. The third-order valence-corrected chi connectivity index (χ3v) is 3.76. The van der Waals surface area contributed by atoms with E-state index in [4.69, 9.17) is 33.3 Å². The van der Waals surface area contributed by atoms with Crippen molar-refractivity contribution >= 4 is 51.7 Å². The summed E-state index contributed by atoms with van der Waals surface area (Å²) < 4.78 is 10.9. The van der Waals surface area contributed by atoms with Gasteiger partial charge in [0, 0.05) is 12.8 Å². The average Bonchev–Trinajstić information content (AvgIpc) is 2.34. The lowest BCUT2D eigenvalue weighted by Crippen LogP contribution is -2.28. The second-order valence-electron chi connectivity index (χ2n) is 5.10. The van der Waals surface area contributed by atoms with Crippen LogP contribution in [-0.4, -0.2) is 34.1 Å². The predicted molar refractivity (Wildman–Crippen MR) is 86.1 cm³/mol. The molecule has 0 heterocycles. The number of carbonyl (C=O) groups excluding carboxylic acids is 2. The van der Waals surface area contributed by atoms with Gasteiger partial charge in [0.25, 0.3) is 0 Å². The Bertz CT molecular complexity index is 353. The molecule has 4 nitrogen and oxygen atoms in total. The first-order valence-corrected chi connectivity index (χ1v) is 8.15. The van der Waals surface area contributed by atoms with E-state index in [1.54, 1.807) is 20.8 Å². The highest BCUT2D eigenvalue weighted by Gasteiger charge is 2.27. The molecule has 0 aliphatic carbocycles. The maximum Gasteiger partial charge on any atom is 0.312 e. The first-order chi connectivity index (χ1) is 9.20. The van der Waals surface area contributed by atoms with Crippen LogP contribution < -0.4 is 0 Å². The highest BCUT2D eigenvalue weighted by atomic mass is 35.5. The molecule has 1 unspecified atom stereocenters. The van der Waals surface area contributed by atoms with Gasteiger partial charge < -0.3 is 9.47 Å². The summed E-state index contributed by atoms with van der Waals surface area (Å²) in [4.78, 5) is 23.2. The number of esters is 1. The van der Waals surface area contributed by atoms with Gasteiger partial charge in [0.2, 0.25) is 4.38 Å². The summed E-state index contributed by atoms with van der Waals surface area (Å²) in [6, 6.07) is 0. The zero-order valence-corrected chi connectivity index (χ0v) is 14.6. The number of ketones is 1. The zero-order chi connectivity index (χ0) is 15.8. The number of alkyl halides is 1. The Morgan fingerprint density at radius 2 is 1.95 bits per heavy atom. The van der Waals surface area contributed by atoms with Gasteiger partial charge in [-0.1, -0.05) is 0 Å². The van der Waals surface area contributed by atoms with Crippen molar-refractivity contribution < 1.29 is 19.1 Å². The predicted octanol–water partition coefficient (Wildman–Crippen LogP) is 3.54. The molecular weight excluding hydrogens is 320 g/mol. The number of hydrogen-bond acceptors (Lipinski definition) is 6. The van der Waals surface area contributed by atoms with Crippen molar-refractivity contribution in [3.8, 4) is 0 Å². The summed E-state index contributed by atoms with van der Waals surface area (Å²) in [5.41, 5.74) is -1.14. The fourth-order valence-electron chi connectivity index (χ4n) is 1.04. The normalized spacial score (nSPS) is 12.7. The van der Waals surface area contributed by atoms with Crippen LogP contribution in [0.2, 0.25) is 0 Å². The molecule has 0 rings (SSSR count). The van der Waals surface area contributed by atoms with Crippen LogP contribution in [0.5, 0.6) is 0 Å². The molecule has 0 aliphatic rings. The Morgan fingerprint density at radius 1 is 1.35 bits per heavy atom. The second-order valence-corrected chi connectivity index (χ2v) is 7.13. The topological polar surface area (TPSA) is 52.6 Å². The summed E-state index contributed by atoms with van der Waals surface area (Å²) in [6.07, 6.45) is 0.610. The van der Waals surface area contributed by atoms with Crippen molar-refractivity contribution in [3.63, 3.8) is 0 Å². The summed E-state index contributed by atoms with van der Waals surface area (Å²) in [6.45, 7) is 7.57. The lowest BCUT2D eigenvalue weighted by Gasteiger charge is -2.22. The second kappa shape index (κ2) is 9.58. The molecule has 0 N–H and O–H groups in total. The van der Waals surface area contributed by atoms with Crippen LogP contribution in [0.3, 0.4) is 0 Å². The molecule has 0 amide bonds. The van der Waals surface area contributed by atoms with E-state index in [2.05, 4.69) is 0 Å². The van der Waals surface area contributed by atoms with E-state index < -0.39 is 10.9 Å². The van der Waals surface area contributed by atoms with Crippen LogP contribution in [0, 0.1) is 5.41 Å². The van der Waals surface area contributed by atoms with E-state index in [9.17, 15) is 9.59 Å². The van der Waals surface area contributed by atoms with Crippen molar-refractivity contribution in [3.05, 3.63) is 0 Å². The maximum atomic E-state index is 11.9. The smallest absolute Gasteiger partial charge is 0.312 e. The number of thioether (sulfide) groups is 1. The van der Waals surface area contributed by atoms with Crippen molar-refractivity contribution in [1.82, 2.24) is 0 Å². The van der Waals surface area contributed by atoms with Crippen LogP contribution in [0.15, 0.2) is 0 Å². The molecule has 0 aromatic heterocycles. The molecular formula is C13H21ClO4S2. The first-order valence-electron chi connectivity index (χ1n) is 6.32. The summed E-state index contributed by atoms with van der Waals surface area (Å²) in [7, 11) is 0. The molecule has 116 valence electrons. The number of carbonyl (C=O) groups is 2. The number of halogens is 1. The van der Waals surface area contributed by atoms with Crippen LogP contribution in [0.25, 0.3) is 0 Å². The third-order valence-electron chi connectivity index (χ3n) is 2.15. The number of ether oxygens (including phenoxy) is 2. The molecule has 0 aliphatic heterocycles. The van der Waals surface area contributed by atoms with Crippen LogP contribution in [-0.2, 0) is 19.1 Å². The van der Waals surface area contributed by atoms with Gasteiger partial charge in [-0.3, -0.25) is 9.59 Å². The van der Waals surface area contributed by atoms with Gasteiger partial charge in [-0.05, 0) is 51.7 Å². The van der Waals surface area contributed by atoms with E-state index in [0.717, 1.165) is 11.8 Å². The highest BCUT2D eigenvalue weighted by Crippen LogP contribution is 2.25. The van der Waals surface area contributed by atoms with Crippen LogP contribution in [0.4, 0.5) is 0 Å². The Morgan fingerprint density at radius 3 is 2.40 bits per heavy atom. The Labute approximate surface area is 134 Å². The molecule has 20 heavy (non-hydrogen) atoms. The summed E-state index contributed by atoms with van der Waals surface area (Å²) in [5.74, 6) is -0.473. The molecule has 0 saturated heterocycles. The number of Topliss-reactive ketones (excluding diaryl/α,β-unsaturated/α-hetero) is 1. The zero-order valence-electron chi connectivity index (χ0n) is 12.2. The highest BCUT2D eigenvalue weighted by molar-refractivity contribution is 8.22. The largest absolute Gasteiger partial charge is 0.479 e. The van der Waals surface area contributed by atoms with Gasteiger partial charge in [-0.15, -0.1) is 11.6 Å². The minimum atomic E-state index is -0.609. The molecule has 0 aromatic rings. The molecule has 1 atom stereocenters. The van der Waals surface area contributed by atoms with Crippen molar-refractivity contribution in [2.45, 2.75) is 46.0 Å². The Balaban J connectivity index is 4.57. The maximum absolute atomic E-state index is 11.9. The fourth-order valence-corrected chi connectivity index (χ4v) is 2.39.